The molecule has 4 rings (SSSR count). The van der Waals surface area contributed by atoms with Gasteiger partial charge in [-0.15, -0.1) is 11.3 Å². The molecule has 156 valence electrons. The second kappa shape index (κ2) is 9.25. The minimum absolute atomic E-state index is 0.152. The van der Waals surface area contributed by atoms with Gasteiger partial charge in [-0.25, -0.2) is 9.78 Å². The van der Waals surface area contributed by atoms with E-state index in [0.717, 1.165) is 10.2 Å². The van der Waals surface area contributed by atoms with Gasteiger partial charge in [0.15, 0.2) is 11.7 Å². The van der Waals surface area contributed by atoms with Gasteiger partial charge in [0.25, 0.3) is 11.8 Å². The van der Waals surface area contributed by atoms with E-state index in [-0.39, 0.29) is 22.2 Å². The van der Waals surface area contributed by atoms with Gasteiger partial charge in [-0.3, -0.25) is 14.9 Å². The molecule has 2 amide bonds. The Morgan fingerprint density at radius 3 is 2.65 bits per heavy atom. The summed E-state index contributed by atoms with van der Waals surface area (Å²) < 4.78 is 6.02. The first kappa shape index (κ1) is 21.0. The lowest BCUT2D eigenvalue weighted by Gasteiger charge is -2.09. The highest BCUT2D eigenvalue weighted by Gasteiger charge is 2.15. The van der Waals surface area contributed by atoms with Crippen molar-refractivity contribution in [2.24, 2.45) is 0 Å². The number of thiazole rings is 1. The normalized spacial score (nSPS) is 10.6. The summed E-state index contributed by atoms with van der Waals surface area (Å²) in [5.74, 6) is -1.56. The van der Waals surface area contributed by atoms with Crippen molar-refractivity contribution in [3.05, 3.63) is 75.4 Å². The van der Waals surface area contributed by atoms with Crippen molar-refractivity contribution >= 4 is 73.1 Å². The number of halogens is 1. The first-order chi connectivity index (χ1) is 15.0. The van der Waals surface area contributed by atoms with Crippen LogP contribution in [-0.4, -0.2) is 29.4 Å². The summed E-state index contributed by atoms with van der Waals surface area (Å²) in [5.41, 5.74) is 1.20. The van der Waals surface area contributed by atoms with Crippen molar-refractivity contribution in [3.63, 3.8) is 0 Å². The molecule has 0 spiro atoms. The van der Waals surface area contributed by atoms with E-state index in [1.165, 1.54) is 40.9 Å². The van der Waals surface area contributed by atoms with Crippen LogP contribution in [0.3, 0.4) is 0 Å². The molecular weight excluding hydrogens is 458 g/mol. The number of carbonyl (C=O) groups excluding carboxylic acids is 3. The molecule has 0 aliphatic heterocycles. The van der Waals surface area contributed by atoms with Crippen molar-refractivity contribution in [2.45, 2.75) is 0 Å². The van der Waals surface area contributed by atoms with Crippen LogP contribution in [-0.2, 0) is 9.53 Å². The lowest BCUT2D eigenvalue weighted by atomic mass is 10.2. The molecule has 2 heterocycles. The third kappa shape index (κ3) is 5.08. The maximum atomic E-state index is 12.4. The quantitative estimate of drug-likeness (QED) is 0.383. The fourth-order valence-electron chi connectivity index (χ4n) is 2.64. The van der Waals surface area contributed by atoms with Crippen LogP contribution in [0.4, 0.5) is 10.8 Å². The summed E-state index contributed by atoms with van der Waals surface area (Å²) >= 11 is 8.74. The van der Waals surface area contributed by atoms with E-state index >= 15 is 0 Å². The van der Waals surface area contributed by atoms with Crippen LogP contribution in [0.2, 0.25) is 5.02 Å². The number of rotatable bonds is 6. The Labute approximate surface area is 189 Å². The minimum Gasteiger partial charge on any atom is -0.452 e. The van der Waals surface area contributed by atoms with E-state index in [9.17, 15) is 14.4 Å². The molecule has 0 saturated carbocycles. The molecule has 0 unspecified atom stereocenters. The summed E-state index contributed by atoms with van der Waals surface area (Å²) in [7, 11) is 0. The lowest BCUT2D eigenvalue weighted by Crippen LogP contribution is -2.21. The summed E-state index contributed by atoms with van der Waals surface area (Å²) in [6.07, 6.45) is 0. The van der Waals surface area contributed by atoms with Crippen molar-refractivity contribution in [3.8, 4) is 0 Å². The summed E-state index contributed by atoms with van der Waals surface area (Å²) in [4.78, 5) is 41.5. The van der Waals surface area contributed by atoms with Crippen molar-refractivity contribution < 1.29 is 19.1 Å². The number of aromatic nitrogens is 1. The van der Waals surface area contributed by atoms with Crippen molar-refractivity contribution in [1.29, 1.82) is 0 Å². The number of hydrogen-bond acceptors (Lipinski definition) is 7. The van der Waals surface area contributed by atoms with Gasteiger partial charge in [-0.05, 0) is 41.8 Å². The number of fused-ring (bicyclic) bond motifs is 1. The van der Waals surface area contributed by atoms with Crippen LogP contribution in [0.1, 0.15) is 20.0 Å². The van der Waals surface area contributed by atoms with Gasteiger partial charge in [0.1, 0.15) is 0 Å². The number of benzene rings is 2. The fourth-order valence-corrected chi connectivity index (χ4v) is 4.30. The summed E-state index contributed by atoms with van der Waals surface area (Å²) in [5, 5.41) is 7.76. The molecule has 4 aromatic rings. The predicted octanol–water partition coefficient (Wildman–Crippen LogP) is 5.06. The van der Waals surface area contributed by atoms with Crippen LogP contribution in [0, 0.1) is 0 Å². The second-order valence-corrected chi connectivity index (χ2v) is 8.62. The molecule has 0 atom stereocenters. The molecule has 0 radical (unpaired) electrons. The van der Waals surface area contributed by atoms with Crippen LogP contribution in [0.5, 0.6) is 0 Å². The molecule has 2 aromatic carbocycles. The number of nitrogens with zero attached hydrogens (tertiary/aromatic N) is 1. The zero-order valence-electron chi connectivity index (χ0n) is 15.8. The first-order valence-corrected chi connectivity index (χ1v) is 11.0. The molecule has 31 heavy (non-hydrogen) atoms. The third-order valence-corrected chi connectivity index (χ3v) is 6.22. The monoisotopic (exact) mass is 471 g/mol. The SMILES string of the molecule is O=C(COC(=O)c1ccc(Cl)c(NC(=O)c2cccs2)c1)Nc1nc2ccccc2s1. The number of hydrogen-bond donors (Lipinski definition) is 2. The Balaban J connectivity index is 1.36. The van der Waals surface area contributed by atoms with Gasteiger partial charge >= 0.3 is 5.97 Å². The third-order valence-electron chi connectivity index (χ3n) is 4.07. The standard InChI is InChI=1S/C21H14ClN3O4S2/c22-13-8-7-12(10-15(13)23-19(27)17-6-3-9-30-17)20(28)29-11-18(26)25-21-24-14-4-1-2-5-16(14)31-21/h1-10H,11H2,(H,23,27)(H,24,25,26). The molecular formula is C21H14ClN3O4S2. The Hall–Kier alpha value is -3.27. The van der Waals surface area contributed by atoms with Gasteiger partial charge in [0.05, 0.1) is 31.4 Å². The van der Waals surface area contributed by atoms with E-state index in [0.29, 0.717) is 10.0 Å². The van der Waals surface area contributed by atoms with E-state index in [1.54, 1.807) is 17.5 Å². The number of anilines is 2. The zero-order chi connectivity index (χ0) is 21.8. The number of ether oxygens (including phenoxy) is 1. The molecule has 2 N–H and O–H groups in total. The van der Waals surface area contributed by atoms with Gasteiger partial charge in [-0.2, -0.15) is 0 Å². The van der Waals surface area contributed by atoms with Gasteiger partial charge in [-0.1, -0.05) is 41.1 Å². The molecule has 0 saturated heterocycles. The van der Waals surface area contributed by atoms with Gasteiger partial charge < -0.3 is 10.1 Å². The largest absolute Gasteiger partial charge is 0.452 e. The van der Waals surface area contributed by atoms with Gasteiger partial charge in [0, 0.05) is 0 Å². The molecule has 0 fully saturated rings. The summed E-state index contributed by atoms with van der Waals surface area (Å²) in [6.45, 7) is -0.478. The number of para-hydroxylation sites is 1. The average molecular weight is 472 g/mol. The predicted molar refractivity (Wildman–Crippen MR) is 122 cm³/mol. The highest BCUT2D eigenvalue weighted by Crippen LogP contribution is 2.26. The number of thiophene rings is 1. The molecule has 7 nitrogen and oxygen atoms in total. The van der Waals surface area contributed by atoms with E-state index in [2.05, 4.69) is 15.6 Å². The second-order valence-electron chi connectivity index (χ2n) is 6.24. The number of nitrogens with one attached hydrogen (secondary N) is 2. The number of carbonyl (C=O) groups is 3. The maximum absolute atomic E-state index is 12.4. The highest BCUT2D eigenvalue weighted by molar-refractivity contribution is 7.22. The molecule has 0 aliphatic rings. The average Bonchev–Trinajstić information content (AvgIpc) is 3.43. The van der Waals surface area contributed by atoms with Gasteiger partial charge in [0.2, 0.25) is 0 Å². The Kier molecular flexibility index (Phi) is 6.26. The smallest absolute Gasteiger partial charge is 0.338 e. The Bertz CT molecular complexity index is 1240. The van der Waals surface area contributed by atoms with E-state index in [4.69, 9.17) is 16.3 Å². The van der Waals surface area contributed by atoms with Crippen molar-refractivity contribution in [1.82, 2.24) is 4.98 Å². The van der Waals surface area contributed by atoms with Crippen LogP contribution >= 0.6 is 34.3 Å². The summed E-state index contributed by atoms with van der Waals surface area (Å²) in [6, 6.07) is 15.3. The van der Waals surface area contributed by atoms with Crippen molar-refractivity contribution in [2.75, 3.05) is 17.2 Å². The fraction of sp³-hybridized carbons (Fsp3) is 0.0476. The topological polar surface area (TPSA) is 97.4 Å². The Morgan fingerprint density at radius 2 is 1.87 bits per heavy atom. The minimum atomic E-state index is -0.720. The maximum Gasteiger partial charge on any atom is 0.338 e. The van der Waals surface area contributed by atoms with Crippen LogP contribution in [0.15, 0.2) is 60.0 Å². The zero-order valence-corrected chi connectivity index (χ0v) is 18.1. The van der Waals surface area contributed by atoms with Crippen LogP contribution < -0.4 is 10.6 Å². The number of esters is 1. The molecule has 10 heteroatoms. The lowest BCUT2D eigenvalue weighted by molar-refractivity contribution is -0.119. The first-order valence-electron chi connectivity index (χ1n) is 8.96. The molecule has 2 aromatic heterocycles. The molecule has 0 bridgehead atoms. The highest BCUT2D eigenvalue weighted by atomic mass is 35.5. The van der Waals surface area contributed by atoms with E-state index < -0.39 is 18.5 Å². The van der Waals surface area contributed by atoms with Crippen LogP contribution in [0.25, 0.3) is 10.2 Å². The van der Waals surface area contributed by atoms with E-state index in [1.807, 2.05) is 24.3 Å². The number of amides is 2. The molecule has 0 aliphatic carbocycles. The Morgan fingerprint density at radius 1 is 1.03 bits per heavy atom.